The van der Waals surface area contributed by atoms with Crippen molar-refractivity contribution in [3.05, 3.63) is 60.4 Å². The molecule has 112 valence electrons. The lowest BCUT2D eigenvalue weighted by atomic mass is 10.2. The first-order valence-corrected chi connectivity index (χ1v) is 7.19. The Kier molecular flexibility index (Phi) is 4.14. The number of hydrogen-bond acceptors (Lipinski definition) is 2. The number of aliphatic imine (C=N–C) groups is 1. The summed E-state index contributed by atoms with van der Waals surface area (Å²) in [6.07, 6.45) is 1.66. The fourth-order valence-electron chi connectivity index (χ4n) is 2.38. The standard InChI is InChI=1S/C17H16FN3O/c18-13-8-10-15(11-9-13)21(16-7-4-12-19-16)17(22)20-14-5-2-1-3-6-14/h1-3,5-6,8-11H,4,7,12H2,(H,20,22). The van der Waals surface area contributed by atoms with Gasteiger partial charge in [-0.05, 0) is 42.8 Å². The van der Waals surface area contributed by atoms with E-state index in [4.69, 9.17) is 0 Å². The summed E-state index contributed by atoms with van der Waals surface area (Å²) in [6.45, 7) is 0.714. The highest BCUT2D eigenvalue weighted by Gasteiger charge is 2.23. The number of hydrogen-bond donors (Lipinski definition) is 1. The molecule has 0 aromatic heterocycles. The van der Waals surface area contributed by atoms with Crippen molar-refractivity contribution in [3.8, 4) is 0 Å². The number of urea groups is 1. The Morgan fingerprint density at radius 2 is 1.82 bits per heavy atom. The van der Waals surface area contributed by atoms with E-state index in [-0.39, 0.29) is 11.8 Å². The summed E-state index contributed by atoms with van der Waals surface area (Å²) in [5, 5.41) is 2.84. The molecule has 0 aliphatic carbocycles. The van der Waals surface area contributed by atoms with Crippen LogP contribution in [-0.4, -0.2) is 18.4 Å². The third kappa shape index (κ3) is 3.14. The predicted molar refractivity (Wildman–Crippen MR) is 85.9 cm³/mol. The molecule has 2 amide bonds. The molecule has 0 atom stereocenters. The van der Waals surface area contributed by atoms with Crippen LogP contribution in [0.2, 0.25) is 0 Å². The summed E-state index contributed by atoms with van der Waals surface area (Å²) >= 11 is 0. The molecule has 0 fully saturated rings. The Morgan fingerprint density at radius 1 is 1.09 bits per heavy atom. The largest absolute Gasteiger partial charge is 0.331 e. The van der Waals surface area contributed by atoms with Crippen LogP contribution in [0, 0.1) is 5.82 Å². The minimum Gasteiger partial charge on any atom is -0.307 e. The molecule has 4 nitrogen and oxygen atoms in total. The summed E-state index contributed by atoms with van der Waals surface area (Å²) in [6, 6.07) is 14.8. The van der Waals surface area contributed by atoms with Gasteiger partial charge >= 0.3 is 6.03 Å². The molecule has 1 aliphatic rings. The van der Waals surface area contributed by atoms with Gasteiger partial charge in [0.05, 0.1) is 5.69 Å². The second-order valence-corrected chi connectivity index (χ2v) is 5.01. The van der Waals surface area contributed by atoms with E-state index in [1.165, 1.54) is 17.0 Å². The monoisotopic (exact) mass is 297 g/mol. The van der Waals surface area contributed by atoms with Gasteiger partial charge in [0, 0.05) is 18.7 Å². The van der Waals surface area contributed by atoms with E-state index in [9.17, 15) is 9.18 Å². The zero-order chi connectivity index (χ0) is 15.4. The fourth-order valence-corrected chi connectivity index (χ4v) is 2.38. The van der Waals surface area contributed by atoms with Crippen molar-refractivity contribution in [2.45, 2.75) is 12.8 Å². The lowest BCUT2D eigenvalue weighted by Gasteiger charge is -2.23. The van der Waals surface area contributed by atoms with Gasteiger partial charge in [0.1, 0.15) is 11.7 Å². The average molecular weight is 297 g/mol. The lowest BCUT2D eigenvalue weighted by Crippen LogP contribution is -2.39. The molecular weight excluding hydrogens is 281 g/mol. The van der Waals surface area contributed by atoms with E-state index >= 15 is 0 Å². The maximum atomic E-state index is 13.1. The number of nitrogens with one attached hydrogen (secondary N) is 1. The van der Waals surface area contributed by atoms with E-state index in [1.54, 1.807) is 12.1 Å². The summed E-state index contributed by atoms with van der Waals surface area (Å²) in [5.41, 5.74) is 1.31. The second kappa shape index (κ2) is 6.39. The number of anilines is 2. The topological polar surface area (TPSA) is 44.7 Å². The number of nitrogens with zero attached hydrogens (tertiary/aromatic N) is 2. The van der Waals surface area contributed by atoms with Gasteiger partial charge in [-0.25, -0.2) is 9.18 Å². The summed E-state index contributed by atoms with van der Waals surface area (Å²) in [4.78, 5) is 18.5. The minimum absolute atomic E-state index is 0.293. The molecule has 0 unspecified atom stereocenters. The molecule has 2 aromatic carbocycles. The predicted octanol–water partition coefficient (Wildman–Crippen LogP) is 4.06. The van der Waals surface area contributed by atoms with Crippen molar-refractivity contribution < 1.29 is 9.18 Å². The Balaban J connectivity index is 1.88. The van der Waals surface area contributed by atoms with Gasteiger partial charge in [-0.15, -0.1) is 0 Å². The lowest BCUT2D eigenvalue weighted by molar-refractivity contribution is 0.259. The van der Waals surface area contributed by atoms with Crippen LogP contribution >= 0.6 is 0 Å². The van der Waals surface area contributed by atoms with E-state index in [0.717, 1.165) is 12.8 Å². The van der Waals surface area contributed by atoms with Crippen LogP contribution in [0.5, 0.6) is 0 Å². The molecular formula is C17H16FN3O. The Hall–Kier alpha value is -2.69. The number of carbonyl (C=O) groups excluding carboxylic acids is 1. The third-order valence-corrected chi connectivity index (χ3v) is 3.42. The number of para-hydroxylation sites is 1. The molecule has 2 aromatic rings. The first-order valence-electron chi connectivity index (χ1n) is 7.19. The van der Waals surface area contributed by atoms with E-state index in [1.807, 2.05) is 30.3 Å². The van der Waals surface area contributed by atoms with Crippen molar-refractivity contribution >= 4 is 23.2 Å². The molecule has 3 rings (SSSR count). The maximum Gasteiger partial charge on any atom is 0.331 e. The van der Waals surface area contributed by atoms with Gasteiger partial charge in [0.2, 0.25) is 0 Å². The molecule has 0 radical (unpaired) electrons. The molecule has 1 aliphatic heterocycles. The van der Waals surface area contributed by atoms with Crippen LogP contribution in [0.3, 0.4) is 0 Å². The highest BCUT2D eigenvalue weighted by Crippen LogP contribution is 2.21. The van der Waals surface area contributed by atoms with Gasteiger partial charge in [0.25, 0.3) is 0 Å². The Labute approximate surface area is 128 Å². The van der Waals surface area contributed by atoms with Gasteiger partial charge < -0.3 is 5.32 Å². The number of amidine groups is 1. The maximum absolute atomic E-state index is 13.1. The summed E-state index contributed by atoms with van der Waals surface area (Å²) in [7, 11) is 0. The van der Waals surface area contributed by atoms with Crippen molar-refractivity contribution in [1.82, 2.24) is 0 Å². The smallest absolute Gasteiger partial charge is 0.307 e. The Morgan fingerprint density at radius 3 is 2.45 bits per heavy atom. The van der Waals surface area contributed by atoms with Crippen LogP contribution in [0.25, 0.3) is 0 Å². The molecule has 5 heteroatoms. The summed E-state index contributed by atoms with van der Waals surface area (Å²) in [5.74, 6) is 0.376. The minimum atomic E-state index is -0.333. The highest BCUT2D eigenvalue weighted by molar-refractivity contribution is 6.20. The van der Waals surface area contributed by atoms with Crippen molar-refractivity contribution in [3.63, 3.8) is 0 Å². The van der Waals surface area contributed by atoms with E-state index < -0.39 is 0 Å². The fraction of sp³-hybridized carbons (Fsp3) is 0.176. The van der Waals surface area contributed by atoms with E-state index in [0.29, 0.717) is 23.8 Å². The van der Waals surface area contributed by atoms with Gasteiger partial charge in [0.15, 0.2) is 0 Å². The van der Waals surface area contributed by atoms with Crippen LogP contribution in [-0.2, 0) is 0 Å². The number of halogens is 1. The zero-order valence-corrected chi connectivity index (χ0v) is 12.0. The van der Waals surface area contributed by atoms with Crippen molar-refractivity contribution in [2.24, 2.45) is 4.99 Å². The molecule has 0 spiro atoms. The quantitative estimate of drug-likeness (QED) is 0.892. The van der Waals surface area contributed by atoms with Crippen molar-refractivity contribution in [2.75, 3.05) is 16.8 Å². The molecule has 22 heavy (non-hydrogen) atoms. The van der Waals surface area contributed by atoms with Gasteiger partial charge in [-0.1, -0.05) is 18.2 Å². The molecule has 1 heterocycles. The van der Waals surface area contributed by atoms with Gasteiger partial charge in [-0.3, -0.25) is 9.89 Å². The third-order valence-electron chi connectivity index (χ3n) is 3.42. The van der Waals surface area contributed by atoms with Crippen LogP contribution in [0.15, 0.2) is 59.6 Å². The normalized spacial score (nSPS) is 13.6. The van der Waals surface area contributed by atoms with Crippen molar-refractivity contribution in [1.29, 1.82) is 0 Å². The molecule has 0 saturated carbocycles. The first-order chi connectivity index (χ1) is 10.7. The van der Waals surface area contributed by atoms with Gasteiger partial charge in [-0.2, -0.15) is 0 Å². The SMILES string of the molecule is O=C(Nc1ccccc1)N(C1=NCCC1)c1ccc(F)cc1. The number of carbonyl (C=O) groups is 1. The van der Waals surface area contributed by atoms with Crippen LogP contribution < -0.4 is 10.2 Å². The Bertz CT molecular complexity index is 683. The second-order valence-electron chi connectivity index (χ2n) is 5.01. The average Bonchev–Trinajstić information content (AvgIpc) is 3.04. The number of amides is 2. The molecule has 0 bridgehead atoms. The molecule has 0 saturated heterocycles. The van der Waals surface area contributed by atoms with Crippen LogP contribution in [0.1, 0.15) is 12.8 Å². The zero-order valence-electron chi connectivity index (χ0n) is 12.0. The van der Waals surface area contributed by atoms with E-state index in [2.05, 4.69) is 10.3 Å². The highest BCUT2D eigenvalue weighted by atomic mass is 19.1. The number of rotatable bonds is 2. The molecule has 1 N–H and O–H groups in total. The van der Waals surface area contributed by atoms with Crippen LogP contribution in [0.4, 0.5) is 20.6 Å². The number of benzene rings is 2. The summed E-state index contributed by atoms with van der Waals surface area (Å²) < 4.78 is 13.1. The first kappa shape index (κ1) is 14.3.